The van der Waals surface area contributed by atoms with Crippen LogP contribution < -0.4 is 5.32 Å². The van der Waals surface area contributed by atoms with Crippen LogP contribution in [0.15, 0.2) is 49.6 Å². The number of nitrogens with zero attached hydrogens (tertiary/aromatic N) is 1. The Balaban J connectivity index is 2.69. The summed E-state index contributed by atoms with van der Waals surface area (Å²) in [6.45, 7) is 10.4. The molecule has 0 aliphatic rings. The highest BCUT2D eigenvalue weighted by Crippen LogP contribution is 2.03. The monoisotopic (exact) mass is 274 g/mol. The lowest BCUT2D eigenvalue weighted by atomic mass is 10.1. The number of hydrogen-bond acceptors (Lipinski definition) is 2. The van der Waals surface area contributed by atoms with Gasteiger partial charge in [0.25, 0.3) is 5.91 Å². The van der Waals surface area contributed by atoms with E-state index >= 15 is 0 Å². The van der Waals surface area contributed by atoms with Gasteiger partial charge in [-0.05, 0) is 31.3 Å². The summed E-state index contributed by atoms with van der Waals surface area (Å²) in [5.74, 6) is -0.205. The zero-order valence-electron chi connectivity index (χ0n) is 11.1. The maximum absolute atomic E-state index is 12.0. The first kappa shape index (κ1) is 15.1. The predicted molar refractivity (Wildman–Crippen MR) is 83.2 cm³/mol. The fourth-order valence-corrected chi connectivity index (χ4v) is 1.75. The van der Waals surface area contributed by atoms with Crippen molar-refractivity contribution < 1.29 is 4.79 Å². The highest BCUT2D eigenvalue weighted by molar-refractivity contribution is 7.80. The third kappa shape index (κ3) is 4.67. The first-order valence-corrected chi connectivity index (χ1v) is 6.38. The van der Waals surface area contributed by atoms with Gasteiger partial charge in [-0.1, -0.05) is 29.8 Å². The Labute approximate surface area is 119 Å². The zero-order chi connectivity index (χ0) is 14.3. The van der Waals surface area contributed by atoms with E-state index in [1.54, 1.807) is 29.2 Å². The first-order chi connectivity index (χ1) is 9.08. The average molecular weight is 274 g/mol. The van der Waals surface area contributed by atoms with Crippen molar-refractivity contribution in [2.75, 3.05) is 13.1 Å². The van der Waals surface area contributed by atoms with Crippen molar-refractivity contribution in [2.24, 2.45) is 0 Å². The Morgan fingerprint density at radius 1 is 1.26 bits per heavy atom. The average Bonchev–Trinajstić information content (AvgIpc) is 2.39. The summed E-state index contributed by atoms with van der Waals surface area (Å²) < 4.78 is 0. The second kappa shape index (κ2) is 7.48. The van der Waals surface area contributed by atoms with Gasteiger partial charge >= 0.3 is 0 Å². The molecular formula is C15H18N2OS. The van der Waals surface area contributed by atoms with E-state index in [1.165, 1.54) is 0 Å². The van der Waals surface area contributed by atoms with Gasteiger partial charge in [0.1, 0.15) is 0 Å². The summed E-state index contributed by atoms with van der Waals surface area (Å²) in [7, 11) is 0. The molecule has 0 radical (unpaired) electrons. The standard InChI is InChI=1S/C15H18N2OS/c1-4-10-17(11-5-2)15(19)16-14(18)13-8-6-12(3)7-9-13/h4-9H,1-2,10-11H2,3H3,(H,16,18,19). The number of aryl methyl sites for hydroxylation is 1. The van der Waals surface area contributed by atoms with Gasteiger partial charge in [-0.3, -0.25) is 10.1 Å². The molecule has 3 nitrogen and oxygen atoms in total. The predicted octanol–water partition coefficient (Wildman–Crippen LogP) is 2.68. The minimum Gasteiger partial charge on any atom is -0.342 e. The van der Waals surface area contributed by atoms with Gasteiger partial charge in [-0.25, -0.2) is 0 Å². The summed E-state index contributed by atoms with van der Waals surface area (Å²) >= 11 is 5.21. The van der Waals surface area contributed by atoms with Crippen LogP contribution in [0.3, 0.4) is 0 Å². The molecule has 19 heavy (non-hydrogen) atoms. The lowest BCUT2D eigenvalue weighted by Crippen LogP contribution is -2.42. The molecule has 4 heteroatoms. The SMILES string of the molecule is C=CCN(CC=C)C(=S)NC(=O)c1ccc(C)cc1. The third-order valence-electron chi connectivity index (χ3n) is 2.52. The molecule has 0 fully saturated rings. The molecule has 0 saturated carbocycles. The molecule has 1 rings (SSSR count). The molecule has 1 aromatic carbocycles. The largest absolute Gasteiger partial charge is 0.342 e. The van der Waals surface area contributed by atoms with E-state index in [0.717, 1.165) is 5.56 Å². The quantitative estimate of drug-likeness (QED) is 0.662. The van der Waals surface area contributed by atoms with Crippen molar-refractivity contribution in [3.8, 4) is 0 Å². The van der Waals surface area contributed by atoms with Crippen LogP contribution in [0, 0.1) is 6.92 Å². The minimum absolute atomic E-state index is 0.205. The number of benzene rings is 1. The third-order valence-corrected chi connectivity index (χ3v) is 2.88. The summed E-state index contributed by atoms with van der Waals surface area (Å²) in [5.41, 5.74) is 1.70. The van der Waals surface area contributed by atoms with Crippen LogP contribution in [0.4, 0.5) is 0 Å². The van der Waals surface area contributed by atoms with Crippen molar-refractivity contribution in [3.05, 3.63) is 60.7 Å². The molecule has 0 aliphatic heterocycles. The molecule has 0 saturated heterocycles. The van der Waals surface area contributed by atoms with Gasteiger partial charge in [0.15, 0.2) is 5.11 Å². The highest BCUT2D eigenvalue weighted by atomic mass is 32.1. The summed E-state index contributed by atoms with van der Waals surface area (Å²) in [4.78, 5) is 13.8. The van der Waals surface area contributed by atoms with Gasteiger partial charge in [0, 0.05) is 18.7 Å². The molecule has 1 N–H and O–H groups in total. The lowest BCUT2D eigenvalue weighted by Gasteiger charge is -2.22. The Hall–Kier alpha value is -1.94. The maximum Gasteiger partial charge on any atom is 0.257 e. The van der Waals surface area contributed by atoms with Gasteiger partial charge in [-0.2, -0.15) is 0 Å². The molecule has 0 atom stereocenters. The van der Waals surface area contributed by atoms with Crippen LogP contribution in [0.1, 0.15) is 15.9 Å². The van der Waals surface area contributed by atoms with Crippen LogP contribution in [0.25, 0.3) is 0 Å². The van der Waals surface area contributed by atoms with E-state index in [4.69, 9.17) is 12.2 Å². The maximum atomic E-state index is 12.0. The van der Waals surface area contributed by atoms with Crippen molar-refractivity contribution in [2.45, 2.75) is 6.92 Å². The summed E-state index contributed by atoms with van der Waals surface area (Å²) in [5, 5.41) is 3.09. The van der Waals surface area contributed by atoms with Crippen molar-refractivity contribution in [1.29, 1.82) is 0 Å². The molecule has 0 spiro atoms. The van der Waals surface area contributed by atoms with E-state index in [1.807, 2.05) is 19.1 Å². The van der Waals surface area contributed by atoms with E-state index in [-0.39, 0.29) is 5.91 Å². The Kier molecular flexibility index (Phi) is 5.96. The molecule has 0 heterocycles. The van der Waals surface area contributed by atoms with Gasteiger partial charge in [0.2, 0.25) is 0 Å². The summed E-state index contributed by atoms with van der Waals surface area (Å²) in [6.07, 6.45) is 3.46. The smallest absolute Gasteiger partial charge is 0.257 e. The molecule has 0 aliphatic carbocycles. The molecule has 1 aromatic rings. The van der Waals surface area contributed by atoms with Crippen molar-refractivity contribution in [1.82, 2.24) is 10.2 Å². The van der Waals surface area contributed by atoms with E-state index < -0.39 is 0 Å². The number of carbonyl (C=O) groups excluding carboxylic acids is 1. The number of thiocarbonyl (C=S) groups is 1. The van der Waals surface area contributed by atoms with Gasteiger partial charge < -0.3 is 4.90 Å². The number of nitrogens with one attached hydrogen (secondary N) is 1. The molecule has 100 valence electrons. The second-order valence-corrected chi connectivity index (χ2v) is 4.49. The normalized spacial score (nSPS) is 9.53. The Bertz CT molecular complexity index is 469. The summed E-state index contributed by atoms with van der Waals surface area (Å²) in [6, 6.07) is 7.34. The lowest BCUT2D eigenvalue weighted by molar-refractivity contribution is 0.0974. The van der Waals surface area contributed by atoms with Crippen LogP contribution in [0.2, 0.25) is 0 Å². The molecule has 0 aromatic heterocycles. The Morgan fingerprint density at radius 3 is 2.26 bits per heavy atom. The molecule has 0 bridgehead atoms. The second-order valence-electron chi connectivity index (χ2n) is 4.11. The van der Waals surface area contributed by atoms with E-state index in [0.29, 0.717) is 23.8 Å². The molecule has 1 amide bonds. The van der Waals surface area contributed by atoms with Crippen LogP contribution in [0.5, 0.6) is 0 Å². The zero-order valence-corrected chi connectivity index (χ0v) is 11.9. The minimum atomic E-state index is -0.205. The number of carbonyl (C=O) groups is 1. The van der Waals surface area contributed by atoms with Crippen molar-refractivity contribution >= 4 is 23.2 Å². The van der Waals surface area contributed by atoms with Crippen LogP contribution in [-0.2, 0) is 0 Å². The van der Waals surface area contributed by atoms with Gasteiger partial charge in [-0.15, -0.1) is 13.2 Å². The van der Waals surface area contributed by atoms with Crippen LogP contribution in [-0.4, -0.2) is 29.0 Å². The van der Waals surface area contributed by atoms with Gasteiger partial charge in [0.05, 0.1) is 0 Å². The van der Waals surface area contributed by atoms with E-state index in [2.05, 4.69) is 18.5 Å². The molecule has 0 unspecified atom stereocenters. The molecular weight excluding hydrogens is 256 g/mol. The number of hydrogen-bond donors (Lipinski definition) is 1. The highest BCUT2D eigenvalue weighted by Gasteiger charge is 2.11. The van der Waals surface area contributed by atoms with Crippen molar-refractivity contribution in [3.63, 3.8) is 0 Å². The fraction of sp³-hybridized carbons (Fsp3) is 0.200. The van der Waals surface area contributed by atoms with Crippen LogP contribution >= 0.6 is 12.2 Å². The fourth-order valence-electron chi connectivity index (χ4n) is 1.51. The van der Waals surface area contributed by atoms with E-state index in [9.17, 15) is 4.79 Å². The number of amides is 1. The number of rotatable bonds is 5. The topological polar surface area (TPSA) is 32.3 Å². The first-order valence-electron chi connectivity index (χ1n) is 5.97. The Morgan fingerprint density at radius 2 is 1.79 bits per heavy atom.